The summed E-state index contributed by atoms with van der Waals surface area (Å²) in [7, 11) is 0. The summed E-state index contributed by atoms with van der Waals surface area (Å²) in [5.41, 5.74) is 0. The van der Waals surface area contributed by atoms with Gasteiger partial charge in [0.1, 0.15) is 0 Å². The monoisotopic (exact) mass is 252 g/mol. The van der Waals surface area contributed by atoms with E-state index in [-0.39, 0.29) is 0 Å². The quantitative estimate of drug-likeness (QED) is 0.782. The first kappa shape index (κ1) is 12.9. The fourth-order valence-electron chi connectivity index (χ4n) is 4.33. The molecule has 0 bridgehead atoms. The molecule has 0 aromatic carbocycles. The highest BCUT2D eigenvalue weighted by Crippen LogP contribution is 2.37. The predicted octanol–water partition coefficient (Wildman–Crippen LogP) is 1.78. The topological polar surface area (TPSA) is 33.3 Å². The highest BCUT2D eigenvalue weighted by atomic mass is 16.5. The van der Waals surface area contributed by atoms with Crippen LogP contribution in [0.4, 0.5) is 0 Å². The highest BCUT2D eigenvalue weighted by molar-refractivity contribution is 4.95. The van der Waals surface area contributed by atoms with Crippen molar-refractivity contribution in [2.75, 3.05) is 26.2 Å². The molecule has 0 amide bonds. The van der Waals surface area contributed by atoms with Gasteiger partial charge in [-0.3, -0.25) is 0 Å². The Bertz CT molecular complexity index is 271. The van der Waals surface area contributed by atoms with E-state index in [9.17, 15) is 0 Å². The van der Waals surface area contributed by atoms with Gasteiger partial charge in [0.25, 0.3) is 0 Å². The lowest BCUT2D eigenvalue weighted by molar-refractivity contribution is 0.0871. The molecule has 3 nitrogen and oxygen atoms in total. The third-order valence-electron chi connectivity index (χ3n) is 5.40. The van der Waals surface area contributed by atoms with E-state index in [0.29, 0.717) is 6.10 Å². The highest BCUT2D eigenvalue weighted by Gasteiger charge is 2.38. The minimum absolute atomic E-state index is 0.508. The Hall–Kier alpha value is -0.120. The van der Waals surface area contributed by atoms with E-state index in [1.807, 2.05) is 0 Å². The molecule has 5 unspecified atom stereocenters. The average molecular weight is 252 g/mol. The lowest BCUT2D eigenvalue weighted by Gasteiger charge is -2.22. The van der Waals surface area contributed by atoms with Gasteiger partial charge in [-0.05, 0) is 50.0 Å². The zero-order valence-electron chi connectivity index (χ0n) is 11.7. The van der Waals surface area contributed by atoms with E-state index in [2.05, 4.69) is 17.6 Å². The molecule has 0 radical (unpaired) electrons. The van der Waals surface area contributed by atoms with Gasteiger partial charge < -0.3 is 15.4 Å². The van der Waals surface area contributed by atoms with Crippen molar-refractivity contribution in [3.63, 3.8) is 0 Å². The summed E-state index contributed by atoms with van der Waals surface area (Å²) in [6.07, 6.45) is 7.29. The van der Waals surface area contributed by atoms with Crippen LogP contribution in [0.3, 0.4) is 0 Å². The van der Waals surface area contributed by atoms with Crippen LogP contribution >= 0.6 is 0 Å². The maximum atomic E-state index is 5.75. The minimum Gasteiger partial charge on any atom is -0.378 e. The van der Waals surface area contributed by atoms with Gasteiger partial charge in [0, 0.05) is 25.7 Å². The largest absolute Gasteiger partial charge is 0.378 e. The van der Waals surface area contributed by atoms with E-state index >= 15 is 0 Å². The number of ether oxygens (including phenoxy) is 1. The summed E-state index contributed by atoms with van der Waals surface area (Å²) < 4.78 is 5.75. The summed E-state index contributed by atoms with van der Waals surface area (Å²) in [5, 5.41) is 7.42. The molecule has 5 atom stereocenters. The molecule has 3 fully saturated rings. The first-order valence-corrected chi connectivity index (χ1v) is 7.94. The van der Waals surface area contributed by atoms with Gasteiger partial charge in [-0.1, -0.05) is 13.3 Å². The first-order valence-electron chi connectivity index (χ1n) is 7.94. The van der Waals surface area contributed by atoms with E-state index in [1.54, 1.807) is 0 Å². The Balaban J connectivity index is 1.39. The molecule has 2 saturated heterocycles. The lowest BCUT2D eigenvalue weighted by Crippen LogP contribution is -2.40. The second-order valence-electron chi connectivity index (χ2n) is 6.39. The average Bonchev–Trinajstić information content (AvgIpc) is 3.06. The van der Waals surface area contributed by atoms with Crippen molar-refractivity contribution < 1.29 is 4.74 Å². The first-order chi connectivity index (χ1) is 8.88. The number of rotatable bonds is 5. The number of fused-ring (bicyclic) bond motifs is 1. The fraction of sp³-hybridized carbons (Fsp3) is 1.00. The molecule has 1 saturated carbocycles. The zero-order chi connectivity index (χ0) is 12.4. The SMILES string of the molecule is CCC1OCCC1CNCC1NCC2CCCC21. The van der Waals surface area contributed by atoms with Crippen LogP contribution in [0.1, 0.15) is 39.0 Å². The smallest absolute Gasteiger partial charge is 0.0613 e. The van der Waals surface area contributed by atoms with E-state index in [4.69, 9.17) is 4.74 Å². The van der Waals surface area contributed by atoms with Crippen LogP contribution in [0.15, 0.2) is 0 Å². The Morgan fingerprint density at radius 3 is 3.06 bits per heavy atom. The zero-order valence-corrected chi connectivity index (χ0v) is 11.7. The van der Waals surface area contributed by atoms with E-state index in [0.717, 1.165) is 43.5 Å². The third kappa shape index (κ3) is 2.59. The van der Waals surface area contributed by atoms with Crippen molar-refractivity contribution in [2.24, 2.45) is 17.8 Å². The Morgan fingerprint density at radius 2 is 2.17 bits per heavy atom. The molecule has 0 aromatic rings. The second-order valence-corrected chi connectivity index (χ2v) is 6.39. The molecular weight excluding hydrogens is 224 g/mol. The van der Waals surface area contributed by atoms with Crippen LogP contribution in [0.5, 0.6) is 0 Å². The predicted molar refractivity (Wildman–Crippen MR) is 73.6 cm³/mol. The van der Waals surface area contributed by atoms with Gasteiger partial charge in [-0.2, -0.15) is 0 Å². The summed E-state index contributed by atoms with van der Waals surface area (Å²) in [6.45, 7) is 6.78. The van der Waals surface area contributed by atoms with Crippen molar-refractivity contribution in [1.82, 2.24) is 10.6 Å². The van der Waals surface area contributed by atoms with Crippen molar-refractivity contribution >= 4 is 0 Å². The molecule has 2 aliphatic heterocycles. The van der Waals surface area contributed by atoms with Gasteiger partial charge in [-0.15, -0.1) is 0 Å². The molecule has 1 aliphatic carbocycles. The van der Waals surface area contributed by atoms with Crippen LogP contribution < -0.4 is 10.6 Å². The van der Waals surface area contributed by atoms with Crippen molar-refractivity contribution in [3.8, 4) is 0 Å². The molecular formula is C15H28N2O. The van der Waals surface area contributed by atoms with Crippen LogP contribution in [-0.2, 0) is 4.74 Å². The van der Waals surface area contributed by atoms with E-state index < -0.39 is 0 Å². The molecule has 0 spiro atoms. The summed E-state index contributed by atoms with van der Waals surface area (Å²) in [4.78, 5) is 0. The minimum atomic E-state index is 0.508. The molecule has 3 aliphatic rings. The van der Waals surface area contributed by atoms with Crippen molar-refractivity contribution in [2.45, 2.75) is 51.2 Å². The summed E-state index contributed by atoms with van der Waals surface area (Å²) in [5.74, 6) is 2.69. The molecule has 104 valence electrons. The van der Waals surface area contributed by atoms with Gasteiger partial charge in [0.2, 0.25) is 0 Å². The van der Waals surface area contributed by atoms with Crippen LogP contribution in [-0.4, -0.2) is 38.4 Å². The van der Waals surface area contributed by atoms with Crippen LogP contribution in [0, 0.1) is 17.8 Å². The maximum absolute atomic E-state index is 5.75. The van der Waals surface area contributed by atoms with Gasteiger partial charge in [-0.25, -0.2) is 0 Å². The Labute approximate surface area is 111 Å². The standard InChI is InChI=1S/C15H28N2O/c1-2-15-12(6-7-18-15)8-16-10-14-13-5-3-4-11(13)9-17-14/h11-17H,2-10H2,1H3. The number of nitrogens with one attached hydrogen (secondary N) is 2. The summed E-state index contributed by atoms with van der Waals surface area (Å²) >= 11 is 0. The van der Waals surface area contributed by atoms with Gasteiger partial charge in [0.05, 0.1) is 6.10 Å². The molecule has 18 heavy (non-hydrogen) atoms. The van der Waals surface area contributed by atoms with Crippen molar-refractivity contribution in [1.29, 1.82) is 0 Å². The third-order valence-corrected chi connectivity index (χ3v) is 5.40. The Kier molecular flexibility index (Phi) is 4.22. The van der Waals surface area contributed by atoms with Gasteiger partial charge in [0.15, 0.2) is 0 Å². The number of hydrogen-bond acceptors (Lipinski definition) is 3. The molecule has 3 heteroatoms. The molecule has 3 rings (SSSR count). The lowest BCUT2D eigenvalue weighted by atomic mass is 9.94. The van der Waals surface area contributed by atoms with Gasteiger partial charge >= 0.3 is 0 Å². The van der Waals surface area contributed by atoms with Crippen LogP contribution in [0.25, 0.3) is 0 Å². The molecule has 2 heterocycles. The van der Waals surface area contributed by atoms with E-state index in [1.165, 1.54) is 38.6 Å². The summed E-state index contributed by atoms with van der Waals surface area (Å²) in [6, 6.07) is 0.736. The molecule has 0 aromatic heterocycles. The Morgan fingerprint density at radius 1 is 1.22 bits per heavy atom. The normalized spacial score (nSPS) is 43.5. The number of hydrogen-bond donors (Lipinski definition) is 2. The fourth-order valence-corrected chi connectivity index (χ4v) is 4.33. The van der Waals surface area contributed by atoms with Crippen molar-refractivity contribution in [3.05, 3.63) is 0 Å². The maximum Gasteiger partial charge on any atom is 0.0613 e. The van der Waals surface area contributed by atoms with Crippen LogP contribution in [0.2, 0.25) is 0 Å². The molecule has 2 N–H and O–H groups in total. The second kappa shape index (κ2) is 5.89.